The van der Waals surface area contributed by atoms with Gasteiger partial charge >= 0.3 is 154 Å². The van der Waals surface area contributed by atoms with Crippen LogP contribution in [0.1, 0.15) is 55.4 Å². The van der Waals surface area contributed by atoms with Gasteiger partial charge in [-0.2, -0.15) is 0 Å². The van der Waals surface area contributed by atoms with Gasteiger partial charge in [-0.3, -0.25) is 0 Å². The fraction of sp³-hybridized carbons (Fsp3) is 0.412. The second-order valence-corrected chi connectivity index (χ2v) is 13.9. The maximum absolute atomic E-state index is 5.67. The van der Waals surface area contributed by atoms with Crippen molar-refractivity contribution in [2.24, 2.45) is 11.3 Å². The zero-order chi connectivity index (χ0) is 28.1. The van der Waals surface area contributed by atoms with Gasteiger partial charge in [-0.1, -0.05) is 66.7 Å². The Labute approximate surface area is 236 Å². The molecule has 0 amide bonds. The van der Waals surface area contributed by atoms with Gasteiger partial charge in [0.15, 0.2) is 0 Å². The van der Waals surface area contributed by atoms with Crippen molar-refractivity contribution in [2.45, 2.75) is 67.0 Å². The molecular weight excluding hydrogens is 481 g/mol. The summed E-state index contributed by atoms with van der Waals surface area (Å²) in [5.74, 6) is 2.52. The van der Waals surface area contributed by atoms with Gasteiger partial charge in [0.05, 0.1) is 0 Å². The van der Waals surface area contributed by atoms with E-state index in [0.717, 1.165) is 11.5 Å². The minimum absolute atomic E-state index is 0.0855. The van der Waals surface area contributed by atoms with Crippen LogP contribution in [0.5, 0.6) is 11.5 Å². The quantitative estimate of drug-likeness (QED) is 0.240. The number of methoxy groups -OCH3 is 2. The van der Waals surface area contributed by atoms with Crippen LogP contribution in [0.3, 0.4) is 0 Å². The predicted molar refractivity (Wildman–Crippen MR) is 167 cm³/mol. The molecule has 200 valence electrons. The summed E-state index contributed by atoms with van der Waals surface area (Å²) in [7, 11) is 3.48. The summed E-state index contributed by atoms with van der Waals surface area (Å²) in [5, 5.41) is 9.77. The van der Waals surface area contributed by atoms with Crippen molar-refractivity contribution in [1.82, 2.24) is 0 Å². The van der Waals surface area contributed by atoms with Crippen LogP contribution in [0.15, 0.2) is 72.8 Å². The molecule has 0 saturated heterocycles. The normalized spacial score (nSPS) is 12.6. The molecule has 0 aromatic heterocycles. The van der Waals surface area contributed by atoms with Crippen molar-refractivity contribution in [3.63, 3.8) is 0 Å². The molecule has 0 aliphatic heterocycles. The zero-order valence-electron chi connectivity index (χ0n) is 24.9. The van der Waals surface area contributed by atoms with Gasteiger partial charge in [0.2, 0.25) is 0 Å². The fourth-order valence-corrected chi connectivity index (χ4v) is 6.53. The second kappa shape index (κ2) is 12.6. The summed E-state index contributed by atoms with van der Waals surface area (Å²) < 4.78 is 13.8. The van der Waals surface area contributed by atoms with E-state index < -0.39 is 0 Å². The van der Waals surface area contributed by atoms with E-state index in [9.17, 15) is 0 Å². The number of nitrogens with zero attached hydrogens (tertiary/aromatic N) is 1. The number of hydrogen-bond donors (Lipinski definition) is 0. The summed E-state index contributed by atoms with van der Waals surface area (Å²) in [5.41, 5.74) is 0.365. The van der Waals surface area contributed by atoms with Gasteiger partial charge in [0, 0.05) is 0 Å². The van der Waals surface area contributed by atoms with E-state index in [1.807, 2.05) is 0 Å². The van der Waals surface area contributed by atoms with Crippen LogP contribution < -0.4 is 18.3 Å². The molecule has 1 unspecified atom stereocenters. The topological polar surface area (TPSA) is 32.6 Å². The molecule has 0 radical (unpaired) electrons. The van der Waals surface area contributed by atoms with Crippen LogP contribution in [0, 0.1) is 11.3 Å². The van der Waals surface area contributed by atoms with Gasteiger partial charge in [-0.05, 0) is 0 Å². The Morgan fingerprint density at radius 1 is 0.632 bits per heavy atom. The summed E-state index contributed by atoms with van der Waals surface area (Å²) in [6.45, 7) is 17.8. The zero-order valence-corrected chi connectivity index (χ0v) is 26.1. The van der Waals surface area contributed by atoms with Gasteiger partial charge in [-0.15, -0.1) is 11.6 Å². The molecular formula is C34H44AlNO2. The number of benzene rings is 4. The van der Waals surface area contributed by atoms with Gasteiger partial charge < -0.3 is 5.32 Å². The third-order valence-corrected chi connectivity index (χ3v) is 8.08. The van der Waals surface area contributed by atoms with E-state index in [-0.39, 0.29) is 26.2 Å². The van der Waals surface area contributed by atoms with Crippen molar-refractivity contribution in [1.29, 1.82) is 0 Å². The summed E-state index contributed by atoms with van der Waals surface area (Å²) in [6, 6.07) is 26.0. The first-order chi connectivity index (χ1) is 17.8. The summed E-state index contributed by atoms with van der Waals surface area (Å²) in [6.07, 6.45) is 0. The van der Waals surface area contributed by atoms with Gasteiger partial charge in [0.1, 0.15) is 0 Å². The molecule has 0 N–H and O–H groups in total. The van der Waals surface area contributed by atoms with Crippen LogP contribution in [0.2, 0.25) is 0 Å². The van der Waals surface area contributed by atoms with E-state index in [1.54, 1.807) is 14.2 Å². The Morgan fingerprint density at radius 3 is 1.26 bits per heavy atom. The number of fused-ring (bicyclic) bond motifs is 2. The molecule has 4 aromatic rings. The van der Waals surface area contributed by atoms with Crippen molar-refractivity contribution < 1.29 is 9.47 Å². The summed E-state index contributed by atoms with van der Waals surface area (Å²) >= 11 is -0.138. The van der Waals surface area contributed by atoms with Crippen molar-refractivity contribution >= 4 is 45.6 Å². The number of ether oxygens (including phenoxy) is 2. The molecule has 0 fully saturated rings. The van der Waals surface area contributed by atoms with Crippen LogP contribution in [0.25, 0.3) is 26.9 Å². The molecule has 4 rings (SSSR count). The third kappa shape index (κ3) is 8.00. The van der Waals surface area contributed by atoms with Crippen LogP contribution in [-0.4, -0.2) is 41.0 Å². The molecule has 0 spiro atoms. The Balaban J connectivity index is 0.000000263. The van der Waals surface area contributed by atoms with Crippen LogP contribution in [0.4, 0.5) is 0 Å². The first-order valence-electron chi connectivity index (χ1n) is 13.5. The second-order valence-electron chi connectivity index (χ2n) is 12.4. The molecule has 3 nitrogen and oxygen atoms in total. The van der Waals surface area contributed by atoms with Crippen molar-refractivity contribution in [2.75, 3.05) is 14.2 Å². The molecule has 4 aromatic carbocycles. The van der Waals surface area contributed by atoms with Crippen LogP contribution >= 0.6 is 0 Å². The monoisotopic (exact) mass is 525 g/mol. The molecule has 4 heteroatoms. The number of rotatable bonds is 6. The van der Waals surface area contributed by atoms with Crippen molar-refractivity contribution in [3.8, 4) is 11.5 Å². The van der Waals surface area contributed by atoms with E-state index in [0.29, 0.717) is 12.0 Å². The van der Waals surface area contributed by atoms with E-state index in [4.69, 9.17) is 14.8 Å². The standard InChI is InChI=1S/C12H26N.2C11H9O.Al/c1-9(2)10(11(3,4)5)13-12(6,7)8;2*1-12-11-7-6-9-4-2-3-5-10(9)8-11;/h9-10H,1-8H3;2*2-6,8H,1H3;/q-1;;;+1. The van der Waals surface area contributed by atoms with E-state index in [2.05, 4.69) is 128 Å². The molecule has 0 aliphatic rings. The fourth-order valence-electron chi connectivity index (χ4n) is 4.98. The van der Waals surface area contributed by atoms with Crippen molar-refractivity contribution in [3.05, 3.63) is 78.1 Å². The maximum atomic E-state index is 5.67. The van der Waals surface area contributed by atoms with E-state index in [1.165, 1.54) is 30.4 Å². The average molecular weight is 526 g/mol. The first kappa shape index (κ1) is 30.0. The molecule has 0 aliphatic carbocycles. The third-order valence-electron chi connectivity index (χ3n) is 6.55. The molecule has 1 atom stereocenters. The minimum atomic E-state index is -0.138. The molecule has 0 bridgehead atoms. The van der Waals surface area contributed by atoms with E-state index >= 15 is 0 Å². The number of hydrogen-bond acceptors (Lipinski definition) is 2. The Hall–Kier alpha value is -2.51. The Kier molecular flexibility index (Phi) is 9.93. The predicted octanol–water partition coefficient (Wildman–Crippen LogP) is 7.89. The average Bonchev–Trinajstić information content (AvgIpc) is 2.85. The molecule has 0 saturated carbocycles. The van der Waals surface area contributed by atoms with Crippen LogP contribution in [-0.2, 0) is 0 Å². The molecule has 0 heterocycles. The SMILES string of the molecule is CC(C)C([N-]C(C)(C)C)C(C)(C)C.COc1cc2ccccc2c[c]1[Al+][c]1cc2ccccc2cc1OC. The Morgan fingerprint density at radius 2 is 1.00 bits per heavy atom. The first-order valence-corrected chi connectivity index (χ1v) is 14.7. The van der Waals surface area contributed by atoms with Gasteiger partial charge in [0.25, 0.3) is 0 Å². The molecule has 38 heavy (non-hydrogen) atoms. The Bertz CT molecular complexity index is 1260. The van der Waals surface area contributed by atoms with Gasteiger partial charge in [-0.25, -0.2) is 0 Å². The summed E-state index contributed by atoms with van der Waals surface area (Å²) in [4.78, 5) is 0.